The molecule has 0 spiro atoms. The van der Waals surface area contributed by atoms with Crippen molar-refractivity contribution in [2.24, 2.45) is 0 Å². The lowest BCUT2D eigenvalue weighted by Crippen LogP contribution is -2.37. The molecule has 1 fully saturated rings. The molecule has 31 heavy (non-hydrogen) atoms. The monoisotopic (exact) mass is 441 g/mol. The molecular weight excluding hydrogens is 414 g/mol. The number of benzene rings is 1. The fourth-order valence-electron chi connectivity index (χ4n) is 3.61. The summed E-state index contributed by atoms with van der Waals surface area (Å²) in [5.74, 6) is 1.69. The Bertz CT molecular complexity index is 999. The van der Waals surface area contributed by atoms with Gasteiger partial charge in [-0.1, -0.05) is 30.0 Å². The molecule has 164 valence electrons. The van der Waals surface area contributed by atoms with Gasteiger partial charge in [-0.2, -0.15) is 0 Å². The van der Waals surface area contributed by atoms with Gasteiger partial charge in [-0.15, -0.1) is 10.2 Å². The predicted molar refractivity (Wildman–Crippen MR) is 120 cm³/mol. The van der Waals surface area contributed by atoms with Crippen LogP contribution in [0.1, 0.15) is 12.5 Å². The molecule has 8 nitrogen and oxygen atoms in total. The molecule has 0 unspecified atom stereocenters. The molecule has 0 aliphatic carbocycles. The summed E-state index contributed by atoms with van der Waals surface area (Å²) in [7, 11) is 1.85. The van der Waals surface area contributed by atoms with Crippen molar-refractivity contribution in [2.75, 3.05) is 44.0 Å². The highest BCUT2D eigenvalue weighted by molar-refractivity contribution is 7.99. The topological polar surface area (TPSA) is 76.6 Å². The first-order valence-electron chi connectivity index (χ1n) is 10.4. The van der Waals surface area contributed by atoms with Crippen LogP contribution in [0, 0.1) is 0 Å². The number of carbonyl (C=O) groups excluding carboxylic acids is 1. The Labute approximate surface area is 186 Å². The molecule has 1 aromatic carbocycles. The first-order valence-corrected chi connectivity index (χ1v) is 11.4. The maximum atomic E-state index is 12.8. The molecule has 1 aliphatic rings. The van der Waals surface area contributed by atoms with Gasteiger partial charge in [0.15, 0.2) is 16.7 Å². The molecule has 1 amide bonds. The fraction of sp³-hybridized carbons (Fsp3) is 0.409. The smallest absolute Gasteiger partial charge is 0.233 e. The van der Waals surface area contributed by atoms with Crippen LogP contribution < -0.4 is 4.90 Å². The van der Waals surface area contributed by atoms with Crippen LogP contribution in [-0.4, -0.2) is 64.7 Å². The maximum Gasteiger partial charge on any atom is 0.233 e. The highest BCUT2D eigenvalue weighted by Gasteiger charge is 2.19. The van der Waals surface area contributed by atoms with Gasteiger partial charge >= 0.3 is 0 Å². The number of morpholine rings is 1. The van der Waals surface area contributed by atoms with Gasteiger partial charge in [-0.05, 0) is 30.7 Å². The Balaban J connectivity index is 1.39. The van der Waals surface area contributed by atoms with Crippen LogP contribution in [0.2, 0.25) is 0 Å². The van der Waals surface area contributed by atoms with Gasteiger partial charge in [-0.25, -0.2) is 0 Å². The second-order valence-electron chi connectivity index (χ2n) is 7.29. The Morgan fingerprint density at radius 3 is 2.71 bits per heavy atom. The van der Waals surface area contributed by atoms with E-state index in [1.165, 1.54) is 17.4 Å². The molecule has 0 atom stereocenters. The van der Waals surface area contributed by atoms with Gasteiger partial charge in [0.05, 0.1) is 25.2 Å². The van der Waals surface area contributed by atoms with Crippen molar-refractivity contribution in [3.05, 3.63) is 48.2 Å². The number of ether oxygens (including phenoxy) is 1. The predicted octanol–water partition coefficient (Wildman–Crippen LogP) is 3.15. The molecule has 9 heteroatoms. The van der Waals surface area contributed by atoms with Crippen molar-refractivity contribution >= 4 is 23.4 Å². The van der Waals surface area contributed by atoms with Gasteiger partial charge in [0, 0.05) is 38.9 Å². The molecule has 0 radical (unpaired) electrons. The van der Waals surface area contributed by atoms with E-state index in [2.05, 4.69) is 27.2 Å². The number of para-hydroxylation sites is 1. The van der Waals surface area contributed by atoms with Crippen molar-refractivity contribution in [1.29, 1.82) is 0 Å². The number of thioether (sulfide) groups is 1. The SMILES string of the molecule is CCn1c(SCC(=O)N(C)Cc2ccccc2N2CCOCC2)nnc1-c1ccco1. The molecule has 3 aromatic rings. The molecule has 4 rings (SSSR count). The van der Waals surface area contributed by atoms with E-state index in [1.54, 1.807) is 11.2 Å². The van der Waals surface area contributed by atoms with Crippen LogP contribution in [0.5, 0.6) is 0 Å². The van der Waals surface area contributed by atoms with Gasteiger partial charge in [0.2, 0.25) is 5.91 Å². The molecule has 1 saturated heterocycles. The van der Waals surface area contributed by atoms with Crippen LogP contribution in [0.25, 0.3) is 11.6 Å². The number of anilines is 1. The van der Waals surface area contributed by atoms with Crippen molar-refractivity contribution in [1.82, 2.24) is 19.7 Å². The Kier molecular flexibility index (Phi) is 6.93. The molecule has 1 aliphatic heterocycles. The summed E-state index contributed by atoms with van der Waals surface area (Å²) in [5, 5.41) is 9.21. The lowest BCUT2D eigenvalue weighted by Gasteiger charge is -2.31. The highest BCUT2D eigenvalue weighted by atomic mass is 32.2. The largest absolute Gasteiger partial charge is 0.461 e. The number of furan rings is 1. The first kappa shape index (κ1) is 21.5. The number of nitrogens with zero attached hydrogens (tertiary/aromatic N) is 5. The summed E-state index contributed by atoms with van der Waals surface area (Å²) < 4.78 is 12.9. The Morgan fingerprint density at radius 2 is 1.97 bits per heavy atom. The summed E-state index contributed by atoms with van der Waals surface area (Å²) in [5.41, 5.74) is 2.31. The lowest BCUT2D eigenvalue weighted by molar-refractivity contribution is -0.127. The van der Waals surface area contributed by atoms with E-state index >= 15 is 0 Å². The Morgan fingerprint density at radius 1 is 1.16 bits per heavy atom. The fourth-order valence-corrected chi connectivity index (χ4v) is 4.55. The normalized spacial score (nSPS) is 14.1. The lowest BCUT2D eigenvalue weighted by atomic mass is 10.1. The van der Waals surface area contributed by atoms with E-state index in [-0.39, 0.29) is 5.91 Å². The van der Waals surface area contributed by atoms with Gasteiger partial charge in [0.25, 0.3) is 0 Å². The number of aromatic nitrogens is 3. The molecule has 0 N–H and O–H groups in total. The molecule has 2 aromatic heterocycles. The Hall–Kier alpha value is -2.78. The zero-order valence-corrected chi connectivity index (χ0v) is 18.7. The summed E-state index contributed by atoms with van der Waals surface area (Å²) in [6.45, 7) is 6.49. The van der Waals surface area contributed by atoms with E-state index in [1.807, 2.05) is 42.8 Å². The summed E-state index contributed by atoms with van der Waals surface area (Å²) in [4.78, 5) is 16.9. The second kappa shape index (κ2) is 10.0. The summed E-state index contributed by atoms with van der Waals surface area (Å²) >= 11 is 1.40. The van der Waals surface area contributed by atoms with E-state index in [0.29, 0.717) is 35.6 Å². The average molecular weight is 442 g/mol. The number of hydrogen-bond acceptors (Lipinski definition) is 7. The maximum absolute atomic E-state index is 12.8. The standard InChI is InChI=1S/C22H27N5O3S/c1-3-27-21(19-9-6-12-30-19)23-24-22(27)31-16-20(28)25(2)15-17-7-4-5-8-18(17)26-10-13-29-14-11-26/h4-9,12H,3,10-11,13-16H2,1-2H3. The van der Waals surface area contributed by atoms with Crippen LogP contribution in [-0.2, 0) is 22.6 Å². The second-order valence-corrected chi connectivity index (χ2v) is 8.24. The minimum Gasteiger partial charge on any atom is -0.461 e. The van der Waals surface area contributed by atoms with Crippen LogP contribution >= 0.6 is 11.8 Å². The third-order valence-corrected chi connectivity index (χ3v) is 6.23. The highest BCUT2D eigenvalue weighted by Crippen LogP contribution is 2.26. The van der Waals surface area contributed by atoms with E-state index in [0.717, 1.165) is 31.9 Å². The van der Waals surface area contributed by atoms with Crippen molar-refractivity contribution in [3.63, 3.8) is 0 Å². The third-order valence-electron chi connectivity index (χ3n) is 5.28. The zero-order chi connectivity index (χ0) is 21.6. The van der Waals surface area contributed by atoms with Crippen LogP contribution in [0.4, 0.5) is 5.69 Å². The summed E-state index contributed by atoms with van der Waals surface area (Å²) in [6, 6.07) is 11.9. The van der Waals surface area contributed by atoms with Crippen molar-refractivity contribution < 1.29 is 13.9 Å². The average Bonchev–Trinajstić information content (AvgIpc) is 3.47. The zero-order valence-electron chi connectivity index (χ0n) is 17.9. The summed E-state index contributed by atoms with van der Waals surface area (Å²) in [6.07, 6.45) is 1.62. The number of hydrogen-bond donors (Lipinski definition) is 0. The number of carbonyl (C=O) groups is 1. The molecule has 3 heterocycles. The molecule has 0 saturated carbocycles. The third kappa shape index (κ3) is 4.94. The molecular formula is C22H27N5O3S. The van der Waals surface area contributed by atoms with E-state index < -0.39 is 0 Å². The quantitative estimate of drug-likeness (QED) is 0.497. The van der Waals surface area contributed by atoms with E-state index in [4.69, 9.17) is 9.15 Å². The van der Waals surface area contributed by atoms with Gasteiger partial charge in [-0.3, -0.25) is 9.36 Å². The number of amides is 1. The number of rotatable bonds is 8. The first-order chi connectivity index (χ1) is 15.2. The van der Waals surface area contributed by atoms with Crippen LogP contribution in [0.3, 0.4) is 0 Å². The van der Waals surface area contributed by atoms with Gasteiger partial charge < -0.3 is 19.0 Å². The molecule has 0 bridgehead atoms. The minimum atomic E-state index is 0.0481. The van der Waals surface area contributed by atoms with Crippen molar-refractivity contribution in [3.8, 4) is 11.6 Å². The van der Waals surface area contributed by atoms with Crippen molar-refractivity contribution in [2.45, 2.75) is 25.2 Å². The van der Waals surface area contributed by atoms with Crippen LogP contribution in [0.15, 0.2) is 52.2 Å². The van der Waals surface area contributed by atoms with E-state index in [9.17, 15) is 4.79 Å². The minimum absolute atomic E-state index is 0.0481. The van der Waals surface area contributed by atoms with Gasteiger partial charge in [0.1, 0.15) is 0 Å².